The third-order valence-corrected chi connectivity index (χ3v) is 2.92. The molecule has 0 aliphatic rings. The van der Waals surface area contributed by atoms with E-state index in [9.17, 15) is 9.59 Å². The maximum Gasteiger partial charge on any atom is 0.328 e. The number of aryl methyl sites for hydroxylation is 2. The fraction of sp³-hybridized carbons (Fsp3) is 0.182. The molecule has 0 aliphatic carbocycles. The van der Waals surface area contributed by atoms with Gasteiger partial charge in [0.25, 0.3) is 5.56 Å². The lowest BCUT2D eigenvalue weighted by Crippen LogP contribution is -2.30. The van der Waals surface area contributed by atoms with E-state index < -0.39 is 11.2 Å². The van der Waals surface area contributed by atoms with Crippen LogP contribution in [0.3, 0.4) is 0 Å². The lowest BCUT2D eigenvalue weighted by Gasteiger charge is -2.05. The SMILES string of the molecule is O=c1[nH]c(=O)n(CCc2ccncc2)cc1Br. The van der Waals surface area contributed by atoms with E-state index in [1.54, 1.807) is 12.4 Å². The Morgan fingerprint density at radius 3 is 2.71 bits per heavy atom. The number of H-pyrrole nitrogens is 1. The quantitative estimate of drug-likeness (QED) is 0.916. The molecule has 1 N–H and O–H groups in total. The van der Waals surface area contributed by atoms with Crippen LogP contribution in [0.25, 0.3) is 0 Å². The second kappa shape index (κ2) is 5.09. The normalized spacial score (nSPS) is 10.4. The number of halogens is 1. The molecular weight excluding hydrogens is 286 g/mol. The first-order valence-corrected chi connectivity index (χ1v) is 5.84. The van der Waals surface area contributed by atoms with Gasteiger partial charge in [0, 0.05) is 25.1 Å². The van der Waals surface area contributed by atoms with Crippen molar-refractivity contribution in [3.05, 3.63) is 61.6 Å². The molecule has 6 heteroatoms. The van der Waals surface area contributed by atoms with Gasteiger partial charge >= 0.3 is 5.69 Å². The molecule has 2 rings (SSSR count). The third-order valence-electron chi connectivity index (χ3n) is 2.36. The summed E-state index contributed by atoms with van der Waals surface area (Å²) in [6.45, 7) is 0.512. The van der Waals surface area contributed by atoms with Crippen molar-refractivity contribution in [2.45, 2.75) is 13.0 Å². The van der Waals surface area contributed by atoms with Crippen LogP contribution in [-0.4, -0.2) is 14.5 Å². The Labute approximate surface area is 105 Å². The highest BCUT2D eigenvalue weighted by atomic mass is 79.9. The first kappa shape index (κ1) is 11.8. The zero-order valence-corrected chi connectivity index (χ0v) is 10.5. The van der Waals surface area contributed by atoms with Crippen molar-refractivity contribution < 1.29 is 0 Å². The molecule has 5 nitrogen and oxygen atoms in total. The minimum atomic E-state index is -0.407. The summed E-state index contributed by atoms with van der Waals surface area (Å²) in [4.78, 5) is 28.8. The summed E-state index contributed by atoms with van der Waals surface area (Å²) in [5.41, 5.74) is 0.289. The number of hydrogen-bond acceptors (Lipinski definition) is 3. The first-order valence-electron chi connectivity index (χ1n) is 5.05. The highest BCUT2D eigenvalue weighted by molar-refractivity contribution is 9.10. The molecule has 88 valence electrons. The summed E-state index contributed by atoms with van der Waals surface area (Å²) in [7, 11) is 0. The molecule has 2 aromatic heterocycles. The molecule has 17 heavy (non-hydrogen) atoms. The van der Waals surface area contributed by atoms with Crippen molar-refractivity contribution in [2.24, 2.45) is 0 Å². The van der Waals surface area contributed by atoms with Crippen LogP contribution >= 0.6 is 15.9 Å². The van der Waals surface area contributed by atoms with Crippen LogP contribution in [0.4, 0.5) is 0 Å². The summed E-state index contributed by atoms with van der Waals surface area (Å²) in [5.74, 6) is 0. The number of aromatic nitrogens is 3. The van der Waals surface area contributed by atoms with Crippen molar-refractivity contribution in [3.8, 4) is 0 Å². The van der Waals surface area contributed by atoms with Crippen LogP contribution in [0.5, 0.6) is 0 Å². The van der Waals surface area contributed by atoms with E-state index in [0.717, 1.165) is 5.56 Å². The van der Waals surface area contributed by atoms with E-state index in [2.05, 4.69) is 25.9 Å². The Bertz CT molecular complexity index is 619. The Hall–Kier alpha value is -1.69. The number of rotatable bonds is 3. The first-order chi connectivity index (χ1) is 8.16. The third kappa shape index (κ3) is 2.91. The van der Waals surface area contributed by atoms with Crippen molar-refractivity contribution >= 4 is 15.9 Å². The largest absolute Gasteiger partial charge is 0.328 e. The van der Waals surface area contributed by atoms with Crippen molar-refractivity contribution in [3.63, 3.8) is 0 Å². The summed E-state index contributed by atoms with van der Waals surface area (Å²) in [6, 6.07) is 3.79. The zero-order valence-electron chi connectivity index (χ0n) is 8.89. The van der Waals surface area contributed by atoms with Crippen LogP contribution in [0, 0.1) is 0 Å². The van der Waals surface area contributed by atoms with E-state index >= 15 is 0 Å². The molecule has 0 atom stereocenters. The second-order valence-corrected chi connectivity index (χ2v) is 4.39. The van der Waals surface area contributed by atoms with Gasteiger partial charge in [0.05, 0.1) is 4.47 Å². The lowest BCUT2D eigenvalue weighted by atomic mass is 10.2. The smallest absolute Gasteiger partial charge is 0.299 e. The Morgan fingerprint density at radius 1 is 1.29 bits per heavy atom. The monoisotopic (exact) mass is 295 g/mol. The van der Waals surface area contributed by atoms with Gasteiger partial charge in [0.1, 0.15) is 0 Å². The highest BCUT2D eigenvalue weighted by Crippen LogP contribution is 2.01. The molecule has 0 unspecified atom stereocenters. The predicted octanol–water partition coefficient (Wildman–Crippen LogP) is 0.937. The molecule has 0 amide bonds. The molecule has 2 aromatic rings. The number of hydrogen-bond donors (Lipinski definition) is 1. The van der Waals surface area contributed by atoms with E-state index in [1.807, 2.05) is 12.1 Å². The van der Waals surface area contributed by atoms with Gasteiger partial charge in [-0.05, 0) is 40.0 Å². The zero-order chi connectivity index (χ0) is 12.3. The minimum Gasteiger partial charge on any atom is -0.299 e. The van der Waals surface area contributed by atoms with Gasteiger partial charge in [0.2, 0.25) is 0 Å². The fourth-order valence-electron chi connectivity index (χ4n) is 1.45. The Morgan fingerprint density at radius 2 is 2.00 bits per heavy atom. The number of nitrogens with zero attached hydrogens (tertiary/aromatic N) is 2. The van der Waals surface area contributed by atoms with Gasteiger partial charge in [-0.2, -0.15) is 0 Å². The molecule has 0 aromatic carbocycles. The van der Waals surface area contributed by atoms with Gasteiger partial charge in [-0.15, -0.1) is 0 Å². The van der Waals surface area contributed by atoms with E-state index in [-0.39, 0.29) is 0 Å². The molecule has 0 fully saturated rings. The van der Waals surface area contributed by atoms with Gasteiger partial charge < -0.3 is 0 Å². The fourth-order valence-corrected chi connectivity index (χ4v) is 1.79. The van der Waals surface area contributed by atoms with Gasteiger partial charge in [-0.1, -0.05) is 0 Å². The van der Waals surface area contributed by atoms with Gasteiger partial charge in [-0.25, -0.2) is 4.79 Å². The molecule has 0 bridgehead atoms. The van der Waals surface area contributed by atoms with Crippen molar-refractivity contribution in [1.82, 2.24) is 14.5 Å². The van der Waals surface area contributed by atoms with Gasteiger partial charge in [-0.3, -0.25) is 19.3 Å². The molecule has 0 saturated carbocycles. The maximum atomic E-state index is 11.5. The van der Waals surface area contributed by atoms with Gasteiger partial charge in [0.15, 0.2) is 0 Å². The predicted molar refractivity (Wildman–Crippen MR) is 67.0 cm³/mol. The molecule has 0 saturated heterocycles. The van der Waals surface area contributed by atoms with Crippen LogP contribution in [0.2, 0.25) is 0 Å². The lowest BCUT2D eigenvalue weighted by molar-refractivity contribution is 0.642. The molecular formula is C11H10BrN3O2. The maximum absolute atomic E-state index is 11.5. The highest BCUT2D eigenvalue weighted by Gasteiger charge is 2.01. The van der Waals surface area contributed by atoms with E-state index in [4.69, 9.17) is 0 Å². The van der Waals surface area contributed by atoms with Crippen LogP contribution in [0.1, 0.15) is 5.56 Å². The Balaban J connectivity index is 2.18. The van der Waals surface area contributed by atoms with E-state index in [0.29, 0.717) is 17.4 Å². The molecule has 2 heterocycles. The molecule has 0 spiro atoms. The summed E-state index contributed by atoms with van der Waals surface area (Å²) in [6.07, 6.45) is 5.63. The summed E-state index contributed by atoms with van der Waals surface area (Å²) < 4.78 is 1.82. The summed E-state index contributed by atoms with van der Waals surface area (Å²) in [5, 5.41) is 0. The average Bonchev–Trinajstić information content (AvgIpc) is 2.33. The molecule has 0 aliphatic heterocycles. The van der Waals surface area contributed by atoms with Crippen molar-refractivity contribution in [1.29, 1.82) is 0 Å². The van der Waals surface area contributed by atoms with Crippen molar-refractivity contribution in [2.75, 3.05) is 0 Å². The standard InChI is InChI=1S/C11H10BrN3O2/c12-9-7-15(11(17)14-10(9)16)6-3-8-1-4-13-5-2-8/h1-2,4-5,7H,3,6H2,(H,14,16,17). The number of aromatic amines is 1. The average molecular weight is 296 g/mol. The van der Waals surface area contributed by atoms with Crippen LogP contribution in [0.15, 0.2) is 44.8 Å². The number of pyridine rings is 1. The summed E-state index contributed by atoms with van der Waals surface area (Å²) >= 11 is 3.09. The topological polar surface area (TPSA) is 67.8 Å². The molecule has 0 radical (unpaired) electrons. The number of nitrogens with one attached hydrogen (secondary N) is 1. The van der Waals surface area contributed by atoms with Crippen LogP contribution < -0.4 is 11.2 Å². The van der Waals surface area contributed by atoms with E-state index in [1.165, 1.54) is 10.8 Å². The Kier molecular flexibility index (Phi) is 3.53. The second-order valence-electron chi connectivity index (χ2n) is 3.54. The van der Waals surface area contributed by atoms with Crippen LogP contribution in [-0.2, 0) is 13.0 Å². The minimum absolute atomic E-state index is 0.354.